The number of carbonyl (C=O) groups excluding carboxylic acids is 1. The highest BCUT2D eigenvalue weighted by Gasteiger charge is 2.21. The molecule has 0 spiro atoms. The number of sulfonamides is 1. The molecule has 5 nitrogen and oxygen atoms in total. The third kappa shape index (κ3) is 3.60. The smallest absolute Gasteiger partial charge is 0.243 e. The minimum Gasteiger partial charge on any atom is -0.295 e. The average molecular weight is 338 g/mol. The van der Waals surface area contributed by atoms with E-state index in [1.54, 1.807) is 0 Å². The molecule has 0 aliphatic heterocycles. The second-order valence-electron chi connectivity index (χ2n) is 4.93. The lowest BCUT2D eigenvalue weighted by Crippen LogP contribution is -2.26. The van der Waals surface area contributed by atoms with Gasteiger partial charge in [0, 0.05) is 18.0 Å². The van der Waals surface area contributed by atoms with Crippen LogP contribution >= 0.6 is 11.3 Å². The van der Waals surface area contributed by atoms with Crippen LogP contribution in [0.4, 0.5) is 0 Å². The number of benzene rings is 1. The maximum Gasteiger partial charge on any atom is 0.243 e. The summed E-state index contributed by atoms with van der Waals surface area (Å²) in [6, 6.07) is 5.98. The Balaban J connectivity index is 2.19. The van der Waals surface area contributed by atoms with Crippen LogP contribution < -0.4 is 0 Å². The molecule has 0 unspecified atom stereocenters. The molecule has 2 aromatic rings. The van der Waals surface area contributed by atoms with E-state index in [1.807, 2.05) is 12.3 Å². The van der Waals surface area contributed by atoms with Crippen LogP contribution in [0.5, 0.6) is 0 Å². The topological polar surface area (TPSA) is 67.3 Å². The number of aryl methyl sites for hydroxylation is 1. The van der Waals surface area contributed by atoms with Gasteiger partial charge in [0.1, 0.15) is 0 Å². The molecular weight excluding hydrogens is 320 g/mol. The lowest BCUT2D eigenvalue weighted by Gasteiger charge is -2.16. The normalized spacial score (nSPS) is 11.8. The molecule has 2 rings (SSSR count). The highest BCUT2D eigenvalue weighted by Crippen LogP contribution is 2.19. The minimum atomic E-state index is -3.59. The third-order valence-corrected chi connectivity index (χ3v) is 6.12. The van der Waals surface area contributed by atoms with E-state index in [1.165, 1.54) is 53.9 Å². The number of ketones is 1. The van der Waals surface area contributed by atoms with Gasteiger partial charge >= 0.3 is 0 Å². The molecule has 1 aromatic carbocycles. The van der Waals surface area contributed by atoms with Crippen molar-refractivity contribution in [1.29, 1.82) is 0 Å². The van der Waals surface area contributed by atoms with Gasteiger partial charge in [-0.1, -0.05) is 19.1 Å². The zero-order chi connectivity index (χ0) is 16.3. The summed E-state index contributed by atoms with van der Waals surface area (Å²) in [6.45, 7) is 3.69. The fourth-order valence-corrected chi connectivity index (χ4v) is 3.82. The van der Waals surface area contributed by atoms with E-state index in [0.29, 0.717) is 5.56 Å². The molecule has 7 heteroatoms. The van der Waals surface area contributed by atoms with Crippen LogP contribution in [0.15, 0.2) is 34.5 Å². The second-order valence-corrected chi connectivity index (χ2v) is 7.92. The Morgan fingerprint density at radius 1 is 1.27 bits per heavy atom. The van der Waals surface area contributed by atoms with Crippen molar-refractivity contribution in [3.8, 4) is 0 Å². The number of aromatic nitrogens is 1. The van der Waals surface area contributed by atoms with Crippen molar-refractivity contribution in [3.63, 3.8) is 0 Å². The maximum absolute atomic E-state index is 12.5. The monoisotopic (exact) mass is 338 g/mol. The van der Waals surface area contributed by atoms with Gasteiger partial charge in [0.05, 0.1) is 22.1 Å². The summed E-state index contributed by atoms with van der Waals surface area (Å²) in [5.74, 6) is -0.0909. The van der Waals surface area contributed by atoms with Gasteiger partial charge in [-0.3, -0.25) is 4.79 Å². The van der Waals surface area contributed by atoms with Gasteiger partial charge in [0.25, 0.3) is 0 Å². The molecule has 0 saturated carbocycles. The number of nitrogens with zero attached hydrogens (tertiary/aromatic N) is 2. The van der Waals surface area contributed by atoms with E-state index in [-0.39, 0.29) is 17.2 Å². The molecule has 0 fully saturated rings. The Bertz CT molecular complexity index is 764. The summed E-state index contributed by atoms with van der Waals surface area (Å²) in [7, 11) is -2.06. The Morgan fingerprint density at radius 2 is 1.91 bits per heavy atom. The molecule has 0 atom stereocenters. The molecule has 0 saturated heterocycles. The Kier molecular flexibility index (Phi) is 5.10. The van der Waals surface area contributed by atoms with E-state index in [2.05, 4.69) is 4.98 Å². The van der Waals surface area contributed by atoms with E-state index in [4.69, 9.17) is 0 Å². The van der Waals surface area contributed by atoms with Crippen LogP contribution in [0.1, 0.15) is 34.9 Å². The second kappa shape index (κ2) is 6.68. The van der Waals surface area contributed by atoms with Gasteiger partial charge in [-0.2, -0.15) is 4.31 Å². The Morgan fingerprint density at radius 3 is 2.41 bits per heavy atom. The van der Waals surface area contributed by atoms with Crippen LogP contribution in [0.3, 0.4) is 0 Å². The van der Waals surface area contributed by atoms with E-state index in [9.17, 15) is 13.2 Å². The van der Waals surface area contributed by atoms with Crippen LogP contribution in [-0.4, -0.2) is 30.5 Å². The number of hydrogen-bond acceptors (Lipinski definition) is 5. The van der Waals surface area contributed by atoms with Gasteiger partial charge in [-0.05, 0) is 25.5 Å². The first-order chi connectivity index (χ1) is 10.3. The lowest BCUT2D eigenvalue weighted by atomic mass is 10.2. The number of rotatable bonds is 6. The van der Waals surface area contributed by atoms with Gasteiger partial charge < -0.3 is 0 Å². The molecule has 0 bridgehead atoms. The predicted molar refractivity (Wildman–Crippen MR) is 86.6 cm³/mol. The minimum absolute atomic E-state index is 0.0909. The summed E-state index contributed by atoms with van der Waals surface area (Å²) >= 11 is 1.53. The van der Waals surface area contributed by atoms with Crippen molar-refractivity contribution in [3.05, 3.63) is 45.9 Å². The standard InChI is InChI=1S/C15H18N2O3S2/c1-4-15-16-13(10-21-15)9-17(3)22(19,20)14-7-5-12(6-8-14)11(2)18/h5-8,10H,4,9H2,1-3H3. The Labute approximate surface area is 134 Å². The van der Waals surface area contributed by atoms with Crippen molar-refractivity contribution in [2.24, 2.45) is 0 Å². The van der Waals surface area contributed by atoms with Gasteiger partial charge in [0.15, 0.2) is 5.78 Å². The predicted octanol–water partition coefficient (Wildman–Crippen LogP) is 2.73. The fourth-order valence-electron chi connectivity index (χ4n) is 1.94. The number of carbonyl (C=O) groups is 1. The lowest BCUT2D eigenvalue weighted by molar-refractivity contribution is 0.101. The van der Waals surface area contributed by atoms with Crippen LogP contribution in [0.25, 0.3) is 0 Å². The van der Waals surface area contributed by atoms with Gasteiger partial charge in [-0.25, -0.2) is 13.4 Å². The summed E-state index contributed by atoms with van der Waals surface area (Å²) in [5.41, 5.74) is 1.24. The van der Waals surface area contributed by atoms with Crippen LogP contribution in [0.2, 0.25) is 0 Å². The fraction of sp³-hybridized carbons (Fsp3) is 0.333. The molecule has 0 aliphatic carbocycles. The van der Waals surface area contributed by atoms with Crippen molar-refractivity contribution < 1.29 is 13.2 Å². The molecule has 0 N–H and O–H groups in total. The third-order valence-electron chi connectivity index (χ3n) is 3.26. The van der Waals surface area contributed by atoms with E-state index >= 15 is 0 Å². The first-order valence-electron chi connectivity index (χ1n) is 6.85. The largest absolute Gasteiger partial charge is 0.295 e. The van der Waals surface area contributed by atoms with Crippen LogP contribution in [-0.2, 0) is 23.0 Å². The van der Waals surface area contributed by atoms with Gasteiger partial charge in [0.2, 0.25) is 10.0 Å². The highest BCUT2D eigenvalue weighted by molar-refractivity contribution is 7.89. The molecule has 118 valence electrons. The van der Waals surface area contributed by atoms with E-state index in [0.717, 1.165) is 17.1 Å². The molecule has 0 aliphatic rings. The average Bonchev–Trinajstić information content (AvgIpc) is 2.95. The maximum atomic E-state index is 12.5. The first kappa shape index (κ1) is 16.8. The summed E-state index contributed by atoms with van der Waals surface area (Å²) in [4.78, 5) is 15.8. The molecular formula is C15H18N2O3S2. The van der Waals surface area contributed by atoms with Crippen molar-refractivity contribution in [2.45, 2.75) is 31.7 Å². The van der Waals surface area contributed by atoms with Gasteiger partial charge in [-0.15, -0.1) is 11.3 Å². The molecule has 1 heterocycles. The zero-order valence-corrected chi connectivity index (χ0v) is 14.4. The van der Waals surface area contributed by atoms with Crippen molar-refractivity contribution in [1.82, 2.24) is 9.29 Å². The summed E-state index contributed by atoms with van der Waals surface area (Å²) < 4.78 is 26.3. The SMILES string of the molecule is CCc1nc(CN(C)S(=O)(=O)c2ccc(C(C)=O)cc2)cs1. The molecule has 0 radical (unpaired) electrons. The zero-order valence-electron chi connectivity index (χ0n) is 12.7. The Hall–Kier alpha value is -1.57. The van der Waals surface area contributed by atoms with E-state index < -0.39 is 10.0 Å². The van der Waals surface area contributed by atoms with Crippen molar-refractivity contribution in [2.75, 3.05) is 7.05 Å². The molecule has 22 heavy (non-hydrogen) atoms. The van der Waals surface area contributed by atoms with Crippen molar-refractivity contribution >= 4 is 27.1 Å². The molecule has 0 amide bonds. The summed E-state index contributed by atoms with van der Waals surface area (Å²) in [6.07, 6.45) is 0.841. The number of Topliss-reactive ketones (excluding diaryl/α,β-unsaturated/α-hetero) is 1. The number of thiazole rings is 1. The highest BCUT2D eigenvalue weighted by atomic mass is 32.2. The number of hydrogen-bond donors (Lipinski definition) is 0. The summed E-state index contributed by atoms with van der Waals surface area (Å²) in [5, 5.41) is 2.87. The molecule has 1 aromatic heterocycles. The van der Waals surface area contributed by atoms with Crippen LogP contribution in [0, 0.1) is 0 Å². The first-order valence-corrected chi connectivity index (χ1v) is 9.17. The quantitative estimate of drug-likeness (QED) is 0.760.